The summed E-state index contributed by atoms with van der Waals surface area (Å²) in [5.74, 6) is 4.85. The molecule has 0 amide bonds. The second kappa shape index (κ2) is 23.4. The lowest BCUT2D eigenvalue weighted by atomic mass is 9.92. The first-order chi connectivity index (χ1) is 41.1. The van der Waals surface area contributed by atoms with E-state index in [4.69, 9.17) is 56.3 Å². The van der Waals surface area contributed by atoms with Gasteiger partial charge in [0.25, 0.3) is 23.2 Å². The number of aromatic amines is 3. The number of nitrogens with zero attached hydrogens (tertiary/aromatic N) is 15. The quantitative estimate of drug-likeness (QED) is 0.0640. The Hall–Kier alpha value is -9.62. The number of hydrogen-bond acceptors (Lipinski definition) is 27. The number of anilines is 2. The first kappa shape index (κ1) is 61.0. The standard InChI is InChI=1S/C13H15N5O4.C13H15N5O3.C13H14N4O4.C12H10N6O4/c1-3-13(4-19)8(20)6(2)11(22-13)18-5-15-7-9(18)16-12(14)17-10(7)21;1-3-13(4-19)9(20)7(2)12(21-13)18-6-17-8-10(14)15-5-16-11(8)18;1-3-13(4-18)9(19)7(2)12(21-13)17-6-16-8-10(17)14-5-15-11(8)20;1-14-12(3-19)8(20)6(2-13)11(22-12)18-5-17-7-9(18)15-4-16-10(7)21/h1,5-6,8,11,19-20H,4H2,2H3,(H3,14,16,17,21);1,5-7,9,12,19-20H,4H2,2H3,(H2,14,15,16);1,5-7,9,12,18-19H,4H2,2H3,(H,14,15,20);1,4-6,8,11,19-20H,3H2/p+1/t6-,8-,11+,13+;2*7-,9-,12+,13+;6-,8-,11+,12+/m0000/s1. The van der Waals surface area contributed by atoms with Crippen molar-refractivity contribution in [3.63, 3.8) is 0 Å². The number of nitrogens with one attached hydrogen (secondary N) is 3. The van der Waals surface area contributed by atoms with E-state index in [2.05, 4.69) is 82.4 Å². The van der Waals surface area contributed by atoms with Crippen LogP contribution in [0.2, 0.25) is 0 Å². The number of rotatable bonds is 8. The fourth-order valence-electron chi connectivity index (χ4n) is 10.5. The molecule has 4 aliphatic rings. The van der Waals surface area contributed by atoms with Crippen molar-refractivity contribution in [3.05, 3.63) is 80.2 Å². The Bertz CT molecular complexity index is 4260. The van der Waals surface area contributed by atoms with Gasteiger partial charge in [-0.15, -0.1) is 19.3 Å². The van der Waals surface area contributed by atoms with E-state index in [-0.39, 0.29) is 51.1 Å². The fraction of sp³-hybridized carbons (Fsp3) is 0.451. The molecule has 0 unspecified atom stereocenters. The van der Waals surface area contributed by atoms with Crippen LogP contribution in [-0.2, 0) is 18.9 Å². The summed E-state index contributed by atoms with van der Waals surface area (Å²) >= 11 is 0. The van der Waals surface area contributed by atoms with Gasteiger partial charge in [-0.05, 0) is 4.85 Å². The highest BCUT2D eigenvalue weighted by molar-refractivity contribution is 5.81. The van der Waals surface area contributed by atoms with Crippen LogP contribution in [0.1, 0.15) is 45.7 Å². The minimum atomic E-state index is -1.82. The Morgan fingerprint density at radius 2 is 0.965 bits per heavy atom. The van der Waals surface area contributed by atoms with Crippen molar-refractivity contribution in [1.29, 1.82) is 5.26 Å². The lowest BCUT2D eigenvalue weighted by molar-refractivity contribution is -0.0972. The second-order valence-corrected chi connectivity index (χ2v) is 20.2. The van der Waals surface area contributed by atoms with E-state index < -0.39 is 127 Å². The molecule has 35 nitrogen and oxygen atoms in total. The number of aliphatic hydroxyl groups excluding tert-OH is 8. The number of ether oxygens (including phenoxy) is 4. The zero-order valence-electron chi connectivity index (χ0n) is 45.4. The zero-order chi connectivity index (χ0) is 62.4. The van der Waals surface area contributed by atoms with Crippen LogP contribution in [0, 0.1) is 78.6 Å². The minimum Gasteiger partial charge on any atom is -0.392 e. The fourth-order valence-corrected chi connectivity index (χ4v) is 10.5. The summed E-state index contributed by atoms with van der Waals surface area (Å²) in [5, 5.41) is 88.1. The van der Waals surface area contributed by atoms with Gasteiger partial charge >= 0.3 is 5.72 Å². The normalized spacial score (nSPS) is 31.8. The predicted octanol–water partition coefficient (Wildman–Crippen LogP) is -4.30. The van der Waals surface area contributed by atoms with Gasteiger partial charge in [-0.1, -0.05) is 38.5 Å². The van der Waals surface area contributed by atoms with Crippen LogP contribution in [-0.4, -0.2) is 192 Å². The van der Waals surface area contributed by atoms with Crippen LogP contribution in [0.25, 0.3) is 49.5 Å². The topological polar surface area (TPSA) is 513 Å². The third kappa shape index (κ3) is 9.78. The first-order valence-electron chi connectivity index (χ1n) is 25.7. The molecule has 86 heavy (non-hydrogen) atoms. The number of nitrogens with two attached hydrogens (primary N) is 2. The third-order valence-corrected chi connectivity index (χ3v) is 15.4. The highest BCUT2D eigenvalue weighted by Gasteiger charge is 2.64. The number of fused-ring (bicyclic) bond motifs is 4. The molecule has 0 aliphatic carbocycles. The molecular weight excluding hydrogens is 1130 g/mol. The molecule has 448 valence electrons. The van der Waals surface area contributed by atoms with Gasteiger partial charge in [-0.3, -0.25) is 42.4 Å². The van der Waals surface area contributed by atoms with Crippen molar-refractivity contribution in [2.45, 2.75) is 92.6 Å². The van der Waals surface area contributed by atoms with Crippen molar-refractivity contribution in [3.8, 4) is 49.7 Å². The average Bonchev–Trinajstić information content (AvgIpc) is 2.14. The Morgan fingerprint density at radius 1 is 0.570 bits per heavy atom. The second-order valence-electron chi connectivity index (χ2n) is 20.2. The molecule has 4 saturated heterocycles. The van der Waals surface area contributed by atoms with Gasteiger partial charge in [-0.25, -0.2) is 39.9 Å². The van der Waals surface area contributed by atoms with E-state index in [0.29, 0.717) is 16.8 Å². The largest absolute Gasteiger partial charge is 0.436 e. The molecule has 12 heterocycles. The van der Waals surface area contributed by atoms with Crippen molar-refractivity contribution in [2.24, 2.45) is 23.7 Å². The summed E-state index contributed by atoms with van der Waals surface area (Å²) in [6.07, 6.45) is 17.9. The molecule has 12 rings (SSSR count). The van der Waals surface area contributed by atoms with Crippen LogP contribution >= 0.6 is 0 Å². The average molecular weight is 1190 g/mol. The summed E-state index contributed by atoms with van der Waals surface area (Å²) in [7, 11) is 0. The van der Waals surface area contributed by atoms with E-state index in [9.17, 15) is 60.5 Å². The van der Waals surface area contributed by atoms with E-state index in [1.165, 1.54) is 58.0 Å². The first-order valence-corrected chi connectivity index (χ1v) is 25.7. The summed E-state index contributed by atoms with van der Waals surface area (Å²) in [6, 6.07) is 1.89. The molecule has 16 atom stereocenters. The molecule has 35 heteroatoms. The number of hydrogen-bond donors (Lipinski definition) is 13. The molecule has 0 bridgehead atoms. The van der Waals surface area contributed by atoms with Crippen LogP contribution in [0.5, 0.6) is 0 Å². The van der Waals surface area contributed by atoms with Crippen LogP contribution in [0.3, 0.4) is 0 Å². The molecule has 4 fully saturated rings. The number of aromatic nitrogens is 16. The lowest BCUT2D eigenvalue weighted by Crippen LogP contribution is -2.43. The maximum absolute atomic E-state index is 11.8. The van der Waals surface area contributed by atoms with E-state index in [0.717, 1.165) is 0 Å². The smallest absolute Gasteiger partial charge is 0.392 e. The Balaban J connectivity index is 0.000000137. The molecule has 0 radical (unpaired) electrons. The van der Waals surface area contributed by atoms with Gasteiger partial charge < -0.3 is 76.5 Å². The maximum atomic E-state index is 11.8. The Kier molecular flexibility index (Phi) is 16.6. The van der Waals surface area contributed by atoms with Crippen molar-refractivity contribution >= 4 is 56.4 Å². The third-order valence-electron chi connectivity index (χ3n) is 15.4. The number of H-pyrrole nitrogens is 3. The van der Waals surface area contributed by atoms with Gasteiger partial charge in [-0.2, -0.15) is 10.2 Å². The van der Waals surface area contributed by atoms with Crippen molar-refractivity contribution in [2.75, 3.05) is 37.9 Å². The van der Waals surface area contributed by atoms with Gasteiger partial charge in [0.15, 0.2) is 80.7 Å². The zero-order valence-corrected chi connectivity index (χ0v) is 45.4. The lowest BCUT2D eigenvalue weighted by Gasteiger charge is -2.23. The summed E-state index contributed by atoms with van der Waals surface area (Å²) < 4.78 is 28.6. The molecule has 0 saturated carbocycles. The highest BCUT2D eigenvalue weighted by Crippen LogP contribution is 2.45. The minimum absolute atomic E-state index is 0.0588. The number of nitriles is 1. The summed E-state index contributed by atoms with van der Waals surface area (Å²) in [6.45, 7) is 8.22. The molecule has 8 aromatic heterocycles. The number of nitrogen functional groups attached to an aromatic ring is 2. The molecule has 0 spiro atoms. The van der Waals surface area contributed by atoms with E-state index in [1.54, 1.807) is 25.3 Å². The Labute approximate surface area is 482 Å². The van der Waals surface area contributed by atoms with Gasteiger partial charge in [0, 0.05) is 17.8 Å². The molecular formula is C51H55N20O15+. The van der Waals surface area contributed by atoms with E-state index >= 15 is 0 Å². The Morgan fingerprint density at radius 3 is 1.35 bits per heavy atom. The van der Waals surface area contributed by atoms with Gasteiger partial charge in [0.05, 0.1) is 63.9 Å². The van der Waals surface area contributed by atoms with Crippen LogP contribution < -0.4 is 28.1 Å². The van der Waals surface area contributed by atoms with Crippen molar-refractivity contribution < 1.29 is 59.8 Å². The predicted molar refractivity (Wildman–Crippen MR) is 294 cm³/mol. The van der Waals surface area contributed by atoms with Crippen LogP contribution in [0.4, 0.5) is 11.8 Å². The molecule has 15 N–H and O–H groups in total. The van der Waals surface area contributed by atoms with Crippen molar-refractivity contribution in [1.82, 2.24) is 78.1 Å². The SMILES string of the molecule is C#C[C@]1(CO)O[C@@H](n2cnc3c(=O)[nH]c(N)nc32)[C@@H](C)[C@@H]1O.C#C[C@]1(CO)O[C@@H](n2cnc3c(=O)[nH]cnc32)[C@@H](C)[C@@H]1O.C#C[C@]1(CO)O[C@@H](n2cnc3c(N)ncnc32)[C@@H](C)[C@@H]1O.C#[N+][C@]1(CO)O[C@@H](n2cnc3c(=O)[nH]cnc32)[C@@H](C#N)[C@@H]1O. The summed E-state index contributed by atoms with van der Waals surface area (Å²) in [5.41, 5.74) is 5.76. The highest BCUT2D eigenvalue weighted by atomic mass is 16.6. The van der Waals surface area contributed by atoms with E-state index in [1.807, 2.05) is 6.07 Å². The van der Waals surface area contributed by atoms with Gasteiger partial charge in [0.1, 0.15) is 54.8 Å². The molecule has 4 aliphatic heterocycles. The molecule has 8 aromatic rings. The number of aliphatic hydroxyl groups is 8. The monoisotopic (exact) mass is 1190 g/mol. The van der Waals surface area contributed by atoms with Gasteiger partial charge in [0.2, 0.25) is 5.95 Å². The van der Waals surface area contributed by atoms with Crippen LogP contribution in [0.15, 0.2) is 58.7 Å². The molecule has 0 aromatic carbocycles. The maximum Gasteiger partial charge on any atom is 0.436 e. The number of terminal acetylenes is 3. The summed E-state index contributed by atoms with van der Waals surface area (Å²) in [4.78, 5) is 81.8. The number of imidazole rings is 4.